The minimum absolute atomic E-state index is 0.494. The van der Waals surface area contributed by atoms with Gasteiger partial charge in [0.05, 0.1) is 11.6 Å². The molecule has 0 saturated heterocycles. The van der Waals surface area contributed by atoms with Crippen molar-refractivity contribution in [3.05, 3.63) is 65.2 Å². The maximum absolute atomic E-state index is 12.5. The highest BCUT2D eigenvalue weighted by Crippen LogP contribution is 2.30. The topological polar surface area (TPSA) is 35.8 Å². The molecule has 0 heterocycles. The normalized spacial score (nSPS) is 12.5. The molecule has 0 fully saturated rings. The van der Waals surface area contributed by atoms with Crippen molar-refractivity contribution >= 4 is 5.69 Å². The van der Waals surface area contributed by atoms with Crippen LogP contribution in [0, 0.1) is 18.3 Å². The number of nitrogens with one attached hydrogen (secondary N) is 1. The summed E-state index contributed by atoms with van der Waals surface area (Å²) in [5.74, 6) is 0. The van der Waals surface area contributed by atoms with Gasteiger partial charge < -0.3 is 5.32 Å². The molecule has 5 heteroatoms. The van der Waals surface area contributed by atoms with Crippen LogP contribution in [0.4, 0.5) is 18.9 Å². The molecule has 108 valence electrons. The van der Waals surface area contributed by atoms with Gasteiger partial charge >= 0.3 is 6.18 Å². The zero-order chi connectivity index (χ0) is 15.5. The maximum Gasteiger partial charge on any atom is 0.416 e. The van der Waals surface area contributed by atoms with E-state index in [-0.39, 0.29) is 0 Å². The van der Waals surface area contributed by atoms with Crippen LogP contribution in [-0.4, -0.2) is 0 Å². The Bertz CT molecular complexity index is 654. The number of para-hydroxylation sites is 1. The van der Waals surface area contributed by atoms with Gasteiger partial charge in [0.15, 0.2) is 0 Å². The van der Waals surface area contributed by atoms with Crippen LogP contribution in [0.5, 0.6) is 0 Å². The molecule has 0 bridgehead atoms. The van der Waals surface area contributed by atoms with E-state index >= 15 is 0 Å². The number of nitriles is 1. The van der Waals surface area contributed by atoms with Gasteiger partial charge in [-0.05, 0) is 36.2 Å². The highest BCUT2D eigenvalue weighted by molar-refractivity contribution is 5.53. The molecule has 1 unspecified atom stereocenters. The largest absolute Gasteiger partial charge is 0.416 e. The lowest BCUT2D eigenvalue weighted by Gasteiger charge is -2.16. The fraction of sp³-hybridized carbons (Fsp3) is 0.188. The first-order valence-electron chi connectivity index (χ1n) is 6.31. The molecule has 0 saturated carbocycles. The third-order valence-electron chi connectivity index (χ3n) is 3.15. The molecule has 0 aliphatic carbocycles. The van der Waals surface area contributed by atoms with E-state index < -0.39 is 17.8 Å². The van der Waals surface area contributed by atoms with E-state index in [0.717, 1.165) is 23.4 Å². The number of hydrogen-bond acceptors (Lipinski definition) is 2. The molecule has 0 spiro atoms. The lowest BCUT2D eigenvalue weighted by molar-refractivity contribution is -0.137. The number of benzene rings is 2. The quantitative estimate of drug-likeness (QED) is 0.890. The summed E-state index contributed by atoms with van der Waals surface area (Å²) in [4.78, 5) is 0. The van der Waals surface area contributed by atoms with E-state index in [4.69, 9.17) is 0 Å². The van der Waals surface area contributed by atoms with Crippen LogP contribution in [0.1, 0.15) is 22.7 Å². The highest BCUT2D eigenvalue weighted by atomic mass is 19.4. The molecule has 2 rings (SSSR count). The Morgan fingerprint density at radius 3 is 2.19 bits per heavy atom. The van der Waals surface area contributed by atoms with Gasteiger partial charge in [-0.15, -0.1) is 0 Å². The van der Waals surface area contributed by atoms with Crippen molar-refractivity contribution in [2.75, 3.05) is 5.32 Å². The number of rotatable bonds is 3. The molecule has 2 aromatic rings. The lowest BCUT2D eigenvalue weighted by Crippen LogP contribution is -2.10. The molecular formula is C16H13F3N2. The maximum atomic E-state index is 12.5. The summed E-state index contributed by atoms with van der Waals surface area (Å²) in [5, 5.41) is 12.3. The van der Waals surface area contributed by atoms with Gasteiger partial charge in [-0.25, -0.2) is 0 Å². The molecule has 0 radical (unpaired) electrons. The van der Waals surface area contributed by atoms with E-state index in [9.17, 15) is 18.4 Å². The number of nitrogens with zero attached hydrogens (tertiary/aromatic N) is 1. The van der Waals surface area contributed by atoms with Crippen molar-refractivity contribution in [3.63, 3.8) is 0 Å². The van der Waals surface area contributed by atoms with Gasteiger partial charge in [0.2, 0.25) is 0 Å². The van der Waals surface area contributed by atoms with Crippen LogP contribution in [0.3, 0.4) is 0 Å². The van der Waals surface area contributed by atoms with Gasteiger partial charge in [0.1, 0.15) is 6.04 Å². The molecule has 0 aliphatic rings. The summed E-state index contributed by atoms with van der Waals surface area (Å²) < 4.78 is 37.6. The predicted molar refractivity (Wildman–Crippen MR) is 74.6 cm³/mol. The van der Waals surface area contributed by atoms with Crippen molar-refractivity contribution < 1.29 is 13.2 Å². The van der Waals surface area contributed by atoms with E-state index in [1.54, 1.807) is 0 Å². The second-order valence-corrected chi connectivity index (χ2v) is 4.64. The zero-order valence-corrected chi connectivity index (χ0v) is 11.3. The van der Waals surface area contributed by atoms with Gasteiger partial charge in [-0.1, -0.05) is 30.3 Å². The van der Waals surface area contributed by atoms with Crippen LogP contribution in [-0.2, 0) is 6.18 Å². The fourth-order valence-corrected chi connectivity index (χ4v) is 1.95. The summed E-state index contributed by atoms with van der Waals surface area (Å²) in [5.41, 5.74) is 1.51. The van der Waals surface area contributed by atoms with E-state index in [1.165, 1.54) is 12.1 Å². The third-order valence-corrected chi connectivity index (χ3v) is 3.15. The number of halogens is 3. The van der Waals surface area contributed by atoms with Crippen molar-refractivity contribution in [3.8, 4) is 6.07 Å². The highest BCUT2D eigenvalue weighted by Gasteiger charge is 2.30. The average Bonchev–Trinajstić information content (AvgIpc) is 2.46. The third kappa shape index (κ3) is 3.54. The standard InChI is InChI=1S/C16H13F3N2/c1-11-4-2-3-5-14(11)21-15(10-20)12-6-8-13(9-7-12)16(17,18)19/h2-9,15,21H,1H3. The Morgan fingerprint density at radius 1 is 1.05 bits per heavy atom. The number of anilines is 1. The Morgan fingerprint density at radius 2 is 1.67 bits per heavy atom. The fourth-order valence-electron chi connectivity index (χ4n) is 1.95. The Kier molecular flexibility index (Phi) is 4.18. The summed E-state index contributed by atoms with van der Waals surface area (Å²) in [6.45, 7) is 1.89. The monoisotopic (exact) mass is 290 g/mol. The van der Waals surface area contributed by atoms with Crippen LogP contribution in [0.15, 0.2) is 48.5 Å². The van der Waals surface area contributed by atoms with Crippen molar-refractivity contribution in [1.29, 1.82) is 5.26 Å². The van der Waals surface area contributed by atoms with Crippen molar-refractivity contribution in [1.82, 2.24) is 0 Å². The molecule has 0 aromatic heterocycles. The van der Waals surface area contributed by atoms with E-state index in [2.05, 4.69) is 11.4 Å². The minimum atomic E-state index is -4.37. The Hall–Kier alpha value is -2.48. The van der Waals surface area contributed by atoms with Crippen LogP contribution in [0.25, 0.3) is 0 Å². The zero-order valence-electron chi connectivity index (χ0n) is 11.3. The van der Waals surface area contributed by atoms with Gasteiger partial charge in [-0.3, -0.25) is 0 Å². The van der Waals surface area contributed by atoms with Crippen LogP contribution >= 0.6 is 0 Å². The lowest BCUT2D eigenvalue weighted by atomic mass is 10.0. The number of alkyl halides is 3. The molecule has 1 N–H and O–H groups in total. The first-order valence-corrected chi connectivity index (χ1v) is 6.31. The first kappa shape index (κ1) is 14.9. The molecule has 0 amide bonds. The molecule has 2 nitrogen and oxygen atoms in total. The van der Waals surface area contributed by atoms with E-state index in [1.807, 2.05) is 31.2 Å². The van der Waals surface area contributed by atoms with Crippen LogP contribution in [0.2, 0.25) is 0 Å². The van der Waals surface area contributed by atoms with Gasteiger partial charge in [-0.2, -0.15) is 18.4 Å². The molecular weight excluding hydrogens is 277 g/mol. The average molecular weight is 290 g/mol. The van der Waals surface area contributed by atoms with Crippen molar-refractivity contribution in [2.24, 2.45) is 0 Å². The summed E-state index contributed by atoms with van der Waals surface area (Å²) in [6, 6.07) is 13.4. The molecule has 1 atom stereocenters. The molecule has 2 aromatic carbocycles. The Balaban J connectivity index is 2.23. The predicted octanol–water partition coefficient (Wildman–Crippen LogP) is 4.69. The summed E-state index contributed by atoms with van der Waals surface area (Å²) >= 11 is 0. The smallest absolute Gasteiger partial charge is 0.366 e. The molecule has 0 aliphatic heterocycles. The second-order valence-electron chi connectivity index (χ2n) is 4.64. The Labute approximate surface area is 120 Å². The summed E-state index contributed by atoms with van der Waals surface area (Å²) in [7, 11) is 0. The van der Waals surface area contributed by atoms with Gasteiger partial charge in [0.25, 0.3) is 0 Å². The second kappa shape index (κ2) is 5.88. The van der Waals surface area contributed by atoms with E-state index in [0.29, 0.717) is 5.56 Å². The number of aryl methyl sites for hydroxylation is 1. The number of hydrogen-bond donors (Lipinski definition) is 1. The van der Waals surface area contributed by atoms with Gasteiger partial charge in [0, 0.05) is 5.69 Å². The SMILES string of the molecule is Cc1ccccc1NC(C#N)c1ccc(C(F)(F)F)cc1. The first-order chi connectivity index (χ1) is 9.91. The van der Waals surface area contributed by atoms with Crippen LogP contribution < -0.4 is 5.32 Å². The molecule has 21 heavy (non-hydrogen) atoms. The minimum Gasteiger partial charge on any atom is -0.366 e. The summed E-state index contributed by atoms with van der Waals surface area (Å²) in [6.07, 6.45) is -4.37. The van der Waals surface area contributed by atoms with Crippen molar-refractivity contribution in [2.45, 2.75) is 19.1 Å².